The van der Waals surface area contributed by atoms with Crippen LogP contribution < -0.4 is 0 Å². The van der Waals surface area contributed by atoms with E-state index < -0.39 is 23.8 Å². The van der Waals surface area contributed by atoms with Crippen LogP contribution in [0.25, 0.3) is 0 Å². The van der Waals surface area contributed by atoms with E-state index in [0.29, 0.717) is 5.57 Å². The van der Waals surface area contributed by atoms with E-state index in [1.54, 1.807) is 43.3 Å². The molecule has 0 radical (unpaired) electrons. The Morgan fingerprint density at radius 2 is 1.36 bits per heavy atom. The van der Waals surface area contributed by atoms with E-state index in [1.165, 1.54) is 31.4 Å². The Kier molecular flexibility index (Phi) is 5.53. The van der Waals surface area contributed by atoms with Gasteiger partial charge in [-0.25, -0.2) is 16.8 Å². The molecule has 0 aromatic heterocycles. The molecule has 1 fully saturated rings. The molecular weight excluding hydrogens is 396 g/mol. The van der Waals surface area contributed by atoms with Crippen molar-refractivity contribution in [3.8, 4) is 0 Å². The predicted octanol–water partition coefficient (Wildman–Crippen LogP) is 3.63. The summed E-state index contributed by atoms with van der Waals surface area (Å²) in [4.78, 5) is -0.0129. The smallest absolute Gasteiger partial charge is 0.199 e. The first kappa shape index (κ1) is 20.8. The molecule has 3 rings (SSSR count). The van der Waals surface area contributed by atoms with Gasteiger partial charge in [0, 0.05) is 19.4 Å². The van der Waals surface area contributed by atoms with Crippen LogP contribution in [0, 0.1) is 5.92 Å². The van der Waals surface area contributed by atoms with Gasteiger partial charge < -0.3 is 4.74 Å². The van der Waals surface area contributed by atoms with Crippen molar-refractivity contribution in [2.75, 3.05) is 7.11 Å². The first-order valence-corrected chi connectivity index (χ1v) is 11.9. The minimum atomic E-state index is -4.22. The fourth-order valence-electron chi connectivity index (χ4n) is 3.87. The van der Waals surface area contributed by atoms with Crippen LogP contribution in [0.3, 0.4) is 0 Å². The number of rotatable bonds is 6. The van der Waals surface area contributed by atoms with E-state index >= 15 is 0 Å². The Morgan fingerprint density at radius 3 is 1.75 bits per heavy atom. The zero-order valence-electron chi connectivity index (χ0n) is 15.9. The molecule has 2 aromatic rings. The van der Waals surface area contributed by atoms with Gasteiger partial charge in [-0.3, -0.25) is 0 Å². The standard InChI is InChI=1S/C21H24O5S2/c1-16-14-21(15-20(16)17(2)26-3,27(22,23)18-10-6-4-7-11-18)28(24,25)19-12-8-5-9-13-19/h4-13,17,20H,1,14-15H2,2-3H3/t17-,20-/m0/s1. The average Bonchev–Trinajstić information content (AvgIpc) is 3.08. The molecule has 1 aliphatic carbocycles. The SMILES string of the molecule is C=C1CC(S(=O)(=O)c2ccccc2)(S(=O)(=O)c2ccccc2)C[C@@H]1[C@H](C)OC. The van der Waals surface area contributed by atoms with Crippen molar-refractivity contribution in [3.05, 3.63) is 72.8 Å². The van der Waals surface area contributed by atoms with Gasteiger partial charge in [-0.05, 0) is 37.6 Å². The van der Waals surface area contributed by atoms with Crippen LogP contribution in [-0.2, 0) is 24.4 Å². The van der Waals surface area contributed by atoms with Gasteiger partial charge in [0.15, 0.2) is 23.8 Å². The topological polar surface area (TPSA) is 77.5 Å². The number of methoxy groups -OCH3 is 1. The fraction of sp³-hybridized carbons (Fsp3) is 0.333. The Morgan fingerprint density at radius 1 is 0.929 bits per heavy atom. The molecule has 0 aliphatic heterocycles. The van der Waals surface area contributed by atoms with Crippen LogP contribution in [0.2, 0.25) is 0 Å². The normalized spacial score (nSPS) is 20.8. The van der Waals surface area contributed by atoms with Gasteiger partial charge >= 0.3 is 0 Å². The minimum Gasteiger partial charge on any atom is -0.381 e. The molecular formula is C21H24O5S2. The fourth-order valence-corrected chi connectivity index (χ4v) is 9.05. The molecule has 150 valence electrons. The van der Waals surface area contributed by atoms with Gasteiger partial charge in [0.05, 0.1) is 15.9 Å². The molecule has 1 saturated carbocycles. The molecule has 0 saturated heterocycles. The van der Waals surface area contributed by atoms with Gasteiger partial charge in [-0.1, -0.05) is 48.6 Å². The lowest BCUT2D eigenvalue weighted by Gasteiger charge is -2.29. The van der Waals surface area contributed by atoms with E-state index in [2.05, 4.69) is 6.58 Å². The van der Waals surface area contributed by atoms with E-state index in [1.807, 2.05) is 0 Å². The Bertz CT molecular complexity index is 989. The maximum Gasteiger partial charge on any atom is 0.199 e. The Labute approximate surface area is 166 Å². The maximum atomic E-state index is 13.7. The molecule has 2 aromatic carbocycles. The molecule has 7 heteroatoms. The molecule has 5 nitrogen and oxygen atoms in total. The van der Waals surface area contributed by atoms with Crippen molar-refractivity contribution in [1.29, 1.82) is 0 Å². The highest BCUT2D eigenvalue weighted by Crippen LogP contribution is 2.52. The predicted molar refractivity (Wildman–Crippen MR) is 108 cm³/mol. The van der Waals surface area contributed by atoms with E-state index in [4.69, 9.17) is 4.74 Å². The molecule has 0 heterocycles. The van der Waals surface area contributed by atoms with Crippen molar-refractivity contribution in [3.63, 3.8) is 0 Å². The summed E-state index contributed by atoms with van der Waals surface area (Å²) in [6, 6.07) is 15.5. The van der Waals surface area contributed by atoms with Gasteiger partial charge in [0.2, 0.25) is 0 Å². The zero-order valence-corrected chi connectivity index (χ0v) is 17.5. The molecule has 0 N–H and O–H groups in total. The highest BCUT2D eigenvalue weighted by molar-refractivity contribution is 8.10. The van der Waals surface area contributed by atoms with Crippen molar-refractivity contribution >= 4 is 19.7 Å². The zero-order chi connectivity index (χ0) is 20.6. The number of hydrogen-bond acceptors (Lipinski definition) is 5. The number of ether oxygens (including phenoxy) is 1. The molecule has 0 spiro atoms. The van der Waals surface area contributed by atoms with Gasteiger partial charge in [-0.15, -0.1) is 0 Å². The quantitative estimate of drug-likeness (QED) is 0.667. The largest absolute Gasteiger partial charge is 0.381 e. The molecule has 0 amide bonds. The lowest BCUT2D eigenvalue weighted by Crippen LogP contribution is -2.44. The van der Waals surface area contributed by atoms with Crippen LogP contribution in [0.15, 0.2) is 82.6 Å². The summed E-state index contributed by atoms with van der Waals surface area (Å²) in [5.74, 6) is -0.373. The Hall–Kier alpha value is -1.96. The maximum absolute atomic E-state index is 13.7. The van der Waals surface area contributed by atoms with Crippen LogP contribution in [-0.4, -0.2) is 34.1 Å². The lowest BCUT2D eigenvalue weighted by atomic mass is 9.99. The van der Waals surface area contributed by atoms with E-state index in [-0.39, 0.29) is 34.7 Å². The van der Waals surface area contributed by atoms with Crippen molar-refractivity contribution in [2.24, 2.45) is 5.92 Å². The van der Waals surface area contributed by atoms with Gasteiger partial charge in [-0.2, -0.15) is 0 Å². The number of hydrogen-bond donors (Lipinski definition) is 0. The highest BCUT2D eigenvalue weighted by atomic mass is 32.3. The van der Waals surface area contributed by atoms with Crippen molar-refractivity contribution in [2.45, 2.75) is 39.7 Å². The third-order valence-electron chi connectivity index (χ3n) is 5.58. The summed E-state index contributed by atoms with van der Waals surface area (Å²) >= 11 is 0. The van der Waals surface area contributed by atoms with E-state index in [9.17, 15) is 16.8 Å². The number of benzene rings is 2. The van der Waals surface area contributed by atoms with Crippen LogP contribution in [0.5, 0.6) is 0 Å². The second-order valence-electron chi connectivity index (χ2n) is 7.13. The molecule has 28 heavy (non-hydrogen) atoms. The van der Waals surface area contributed by atoms with Gasteiger partial charge in [0.25, 0.3) is 0 Å². The molecule has 2 atom stereocenters. The third-order valence-corrected chi connectivity index (χ3v) is 11.3. The molecule has 0 unspecified atom stereocenters. The summed E-state index contributed by atoms with van der Waals surface area (Å²) in [7, 11) is -6.91. The second kappa shape index (κ2) is 7.46. The number of sulfone groups is 2. The molecule has 0 bridgehead atoms. The minimum absolute atomic E-state index is 0.00646. The average molecular weight is 421 g/mol. The monoisotopic (exact) mass is 420 g/mol. The van der Waals surface area contributed by atoms with Gasteiger partial charge in [0.1, 0.15) is 0 Å². The summed E-state index contributed by atoms with van der Waals surface area (Å²) in [5, 5.41) is 0. The van der Waals surface area contributed by atoms with E-state index in [0.717, 1.165) is 0 Å². The third kappa shape index (κ3) is 3.11. The lowest BCUT2D eigenvalue weighted by molar-refractivity contribution is 0.0817. The summed E-state index contributed by atoms with van der Waals surface area (Å²) in [6.45, 7) is 5.81. The summed E-state index contributed by atoms with van der Waals surface area (Å²) in [5.41, 5.74) is 0.577. The molecule has 1 aliphatic rings. The van der Waals surface area contributed by atoms with Crippen molar-refractivity contribution in [1.82, 2.24) is 0 Å². The Balaban J connectivity index is 2.27. The van der Waals surface area contributed by atoms with Crippen LogP contribution in [0.1, 0.15) is 19.8 Å². The first-order chi connectivity index (χ1) is 13.2. The summed E-state index contributed by atoms with van der Waals surface area (Å²) < 4.78 is 58.2. The van der Waals surface area contributed by atoms with Crippen LogP contribution >= 0.6 is 0 Å². The highest BCUT2D eigenvalue weighted by Gasteiger charge is 2.61. The summed E-state index contributed by atoms with van der Waals surface area (Å²) in [6.07, 6.45) is -0.582. The van der Waals surface area contributed by atoms with Crippen molar-refractivity contribution < 1.29 is 21.6 Å². The second-order valence-corrected chi connectivity index (χ2v) is 11.9. The first-order valence-electron chi connectivity index (χ1n) is 8.97. The van der Waals surface area contributed by atoms with Crippen LogP contribution in [0.4, 0.5) is 0 Å².